The Morgan fingerprint density at radius 1 is 1.04 bits per heavy atom. The van der Waals surface area contributed by atoms with E-state index < -0.39 is 0 Å². The van der Waals surface area contributed by atoms with Crippen molar-refractivity contribution in [3.63, 3.8) is 0 Å². The van der Waals surface area contributed by atoms with Gasteiger partial charge in [0.05, 0.1) is 0 Å². The van der Waals surface area contributed by atoms with Crippen LogP contribution in [0.25, 0.3) is 0 Å². The number of halogens is 1. The monoisotopic (exact) mass is 338 g/mol. The number of rotatable bonds is 5. The van der Waals surface area contributed by atoms with Gasteiger partial charge in [-0.2, -0.15) is 0 Å². The van der Waals surface area contributed by atoms with Crippen molar-refractivity contribution in [2.45, 2.75) is 10.6 Å². The maximum absolute atomic E-state index is 12.9. The Labute approximate surface area is 143 Å². The summed E-state index contributed by atoms with van der Waals surface area (Å²) < 4.78 is 12.9. The van der Waals surface area contributed by atoms with Gasteiger partial charge in [0.15, 0.2) is 0 Å². The maximum atomic E-state index is 12.9. The number of anilines is 1. The van der Waals surface area contributed by atoms with Crippen LogP contribution in [0, 0.1) is 5.82 Å². The molecule has 2 aromatic carbocycles. The van der Waals surface area contributed by atoms with Crippen molar-refractivity contribution in [1.82, 2.24) is 4.98 Å². The average Bonchev–Trinajstić information content (AvgIpc) is 2.62. The molecule has 0 aliphatic carbocycles. The molecule has 1 aromatic heterocycles. The Balaban J connectivity index is 1.58. The third-order valence-electron chi connectivity index (χ3n) is 3.35. The zero-order chi connectivity index (χ0) is 16.8. The molecular weight excluding hydrogens is 323 g/mol. The number of benzene rings is 2. The number of carbonyl (C=O) groups is 1. The minimum absolute atomic E-state index is 0.259. The zero-order valence-electron chi connectivity index (χ0n) is 12.8. The maximum Gasteiger partial charge on any atom is 0.255 e. The summed E-state index contributed by atoms with van der Waals surface area (Å²) in [5, 5.41) is 2.80. The van der Waals surface area contributed by atoms with Crippen molar-refractivity contribution in [2.24, 2.45) is 0 Å². The van der Waals surface area contributed by atoms with Crippen LogP contribution in [0.1, 0.15) is 15.9 Å². The van der Waals surface area contributed by atoms with Gasteiger partial charge < -0.3 is 5.32 Å². The van der Waals surface area contributed by atoms with Crippen LogP contribution >= 0.6 is 11.8 Å². The number of thioether (sulfide) groups is 1. The van der Waals surface area contributed by atoms with E-state index in [-0.39, 0.29) is 11.7 Å². The van der Waals surface area contributed by atoms with E-state index in [0.29, 0.717) is 11.3 Å². The summed E-state index contributed by atoms with van der Waals surface area (Å²) in [6, 6.07) is 17.1. The van der Waals surface area contributed by atoms with Gasteiger partial charge in [-0.05, 0) is 60.2 Å². The molecule has 0 fully saturated rings. The summed E-state index contributed by atoms with van der Waals surface area (Å²) in [6.45, 7) is 0. The Bertz CT molecular complexity index is 805. The van der Waals surface area contributed by atoms with Gasteiger partial charge in [0.25, 0.3) is 5.91 Å². The zero-order valence-corrected chi connectivity index (χ0v) is 13.6. The third kappa shape index (κ3) is 4.43. The fourth-order valence-electron chi connectivity index (χ4n) is 2.09. The third-order valence-corrected chi connectivity index (χ3v) is 4.43. The lowest BCUT2D eigenvalue weighted by Gasteiger charge is -2.07. The predicted molar refractivity (Wildman–Crippen MR) is 94.6 cm³/mol. The van der Waals surface area contributed by atoms with E-state index in [9.17, 15) is 9.18 Å². The van der Waals surface area contributed by atoms with Crippen LogP contribution in [0.4, 0.5) is 10.1 Å². The molecule has 0 atom stereocenters. The van der Waals surface area contributed by atoms with Gasteiger partial charge in [0, 0.05) is 34.3 Å². The van der Waals surface area contributed by atoms with E-state index in [1.54, 1.807) is 18.0 Å². The highest BCUT2D eigenvalue weighted by atomic mass is 32.2. The molecule has 0 aliphatic heterocycles. The lowest BCUT2D eigenvalue weighted by atomic mass is 10.2. The van der Waals surface area contributed by atoms with Crippen molar-refractivity contribution in [3.05, 3.63) is 90.0 Å². The van der Waals surface area contributed by atoms with Crippen LogP contribution in [-0.2, 0) is 5.75 Å². The van der Waals surface area contributed by atoms with Gasteiger partial charge in [-0.25, -0.2) is 4.39 Å². The van der Waals surface area contributed by atoms with Crippen LogP contribution in [-0.4, -0.2) is 10.9 Å². The Morgan fingerprint density at radius 2 is 1.79 bits per heavy atom. The molecule has 0 saturated heterocycles. The lowest BCUT2D eigenvalue weighted by Crippen LogP contribution is -2.11. The predicted octanol–water partition coefficient (Wildman–Crippen LogP) is 4.77. The van der Waals surface area contributed by atoms with Gasteiger partial charge in [-0.15, -0.1) is 11.8 Å². The molecule has 0 bridgehead atoms. The molecule has 3 rings (SSSR count). The first-order chi connectivity index (χ1) is 11.7. The molecule has 5 heteroatoms. The second kappa shape index (κ2) is 7.75. The van der Waals surface area contributed by atoms with Gasteiger partial charge >= 0.3 is 0 Å². The SMILES string of the molecule is O=C(Nc1ccc(SCc2cccnc2)cc1)c1ccc(F)cc1. The van der Waals surface area contributed by atoms with Crippen molar-refractivity contribution in [2.75, 3.05) is 5.32 Å². The number of nitrogens with one attached hydrogen (secondary N) is 1. The number of hydrogen-bond acceptors (Lipinski definition) is 3. The van der Waals surface area contributed by atoms with Crippen molar-refractivity contribution < 1.29 is 9.18 Å². The lowest BCUT2D eigenvalue weighted by molar-refractivity contribution is 0.102. The normalized spacial score (nSPS) is 10.4. The highest BCUT2D eigenvalue weighted by Crippen LogP contribution is 2.24. The first-order valence-corrected chi connectivity index (χ1v) is 8.38. The first kappa shape index (κ1) is 16.2. The van der Waals surface area contributed by atoms with E-state index in [1.807, 2.05) is 42.6 Å². The highest BCUT2D eigenvalue weighted by Gasteiger charge is 2.06. The number of hydrogen-bond donors (Lipinski definition) is 1. The standard InChI is InChI=1S/C19H15FN2OS/c20-16-5-3-15(4-6-16)19(23)22-17-7-9-18(10-8-17)24-13-14-2-1-11-21-12-14/h1-12H,13H2,(H,22,23). The Kier molecular flexibility index (Phi) is 5.23. The van der Waals surface area contributed by atoms with E-state index in [2.05, 4.69) is 10.3 Å². The molecule has 0 aliphatic rings. The Hall–Kier alpha value is -2.66. The van der Waals surface area contributed by atoms with Crippen molar-refractivity contribution in [3.8, 4) is 0 Å². The van der Waals surface area contributed by atoms with Crippen molar-refractivity contribution in [1.29, 1.82) is 0 Å². The summed E-state index contributed by atoms with van der Waals surface area (Å²) in [4.78, 5) is 17.3. The van der Waals surface area contributed by atoms with Crippen LogP contribution < -0.4 is 5.32 Å². The minimum Gasteiger partial charge on any atom is -0.322 e. The highest BCUT2D eigenvalue weighted by molar-refractivity contribution is 7.98. The van der Waals surface area contributed by atoms with Gasteiger partial charge in [0.1, 0.15) is 5.82 Å². The second-order valence-corrected chi connectivity index (χ2v) is 6.18. The number of carbonyl (C=O) groups excluding carboxylic acids is 1. The molecule has 120 valence electrons. The number of pyridine rings is 1. The van der Waals surface area contributed by atoms with E-state index in [1.165, 1.54) is 24.3 Å². The molecule has 1 N–H and O–H groups in total. The smallest absolute Gasteiger partial charge is 0.255 e. The molecule has 3 aromatic rings. The molecule has 24 heavy (non-hydrogen) atoms. The van der Waals surface area contributed by atoms with Gasteiger partial charge in [-0.3, -0.25) is 9.78 Å². The minimum atomic E-state index is -0.360. The molecule has 0 unspecified atom stereocenters. The number of nitrogens with zero attached hydrogens (tertiary/aromatic N) is 1. The molecule has 3 nitrogen and oxygen atoms in total. The second-order valence-electron chi connectivity index (χ2n) is 5.14. The average molecular weight is 338 g/mol. The largest absolute Gasteiger partial charge is 0.322 e. The summed E-state index contributed by atoms with van der Waals surface area (Å²) >= 11 is 1.70. The summed E-state index contributed by atoms with van der Waals surface area (Å²) in [7, 11) is 0. The molecule has 0 spiro atoms. The van der Waals surface area contributed by atoms with Gasteiger partial charge in [-0.1, -0.05) is 6.07 Å². The van der Waals surface area contributed by atoms with Crippen LogP contribution in [0.2, 0.25) is 0 Å². The quantitative estimate of drug-likeness (QED) is 0.682. The first-order valence-electron chi connectivity index (χ1n) is 7.39. The van der Waals surface area contributed by atoms with Crippen LogP contribution in [0.5, 0.6) is 0 Å². The number of aromatic nitrogens is 1. The molecule has 1 amide bonds. The summed E-state index contributed by atoms with van der Waals surface area (Å²) in [6.07, 6.45) is 3.61. The number of amides is 1. The van der Waals surface area contributed by atoms with E-state index in [4.69, 9.17) is 0 Å². The van der Waals surface area contributed by atoms with E-state index >= 15 is 0 Å². The molecule has 0 saturated carbocycles. The van der Waals surface area contributed by atoms with Crippen LogP contribution in [0.15, 0.2) is 78.0 Å². The van der Waals surface area contributed by atoms with Crippen molar-refractivity contribution >= 4 is 23.4 Å². The van der Waals surface area contributed by atoms with Gasteiger partial charge in [0.2, 0.25) is 0 Å². The fraction of sp³-hybridized carbons (Fsp3) is 0.0526. The Morgan fingerprint density at radius 3 is 2.46 bits per heavy atom. The van der Waals surface area contributed by atoms with E-state index in [0.717, 1.165) is 16.2 Å². The molecular formula is C19H15FN2OS. The van der Waals surface area contributed by atoms with Crippen LogP contribution in [0.3, 0.4) is 0 Å². The topological polar surface area (TPSA) is 42.0 Å². The fourth-order valence-corrected chi connectivity index (χ4v) is 2.92. The molecule has 0 radical (unpaired) electrons. The summed E-state index contributed by atoms with van der Waals surface area (Å²) in [5.74, 6) is 0.224. The molecule has 1 heterocycles. The summed E-state index contributed by atoms with van der Waals surface area (Å²) in [5.41, 5.74) is 2.29.